The molecule has 1 N–H and O–H groups in total. The molecule has 0 atom stereocenters. The summed E-state index contributed by atoms with van der Waals surface area (Å²) in [6, 6.07) is 6.79. The molecule has 1 saturated heterocycles. The minimum Gasteiger partial charge on any atom is -0.353 e. The van der Waals surface area contributed by atoms with Gasteiger partial charge in [-0.3, -0.25) is 9.59 Å². The van der Waals surface area contributed by atoms with Crippen molar-refractivity contribution in [3.63, 3.8) is 0 Å². The average molecular weight is 346 g/mol. The Bertz CT molecular complexity index is 605. The van der Waals surface area contributed by atoms with Crippen LogP contribution in [0.4, 0.5) is 4.39 Å². The van der Waals surface area contributed by atoms with Gasteiger partial charge in [0, 0.05) is 31.5 Å². The molecule has 4 nitrogen and oxygen atoms in total. The molecule has 1 aromatic rings. The van der Waals surface area contributed by atoms with E-state index < -0.39 is 0 Å². The van der Waals surface area contributed by atoms with E-state index >= 15 is 0 Å². The van der Waals surface area contributed by atoms with Crippen molar-refractivity contribution in [1.82, 2.24) is 10.2 Å². The molecule has 1 aromatic carbocycles. The number of benzene rings is 1. The highest BCUT2D eigenvalue weighted by atomic mass is 19.1. The molecule has 0 aromatic heterocycles. The minimum absolute atomic E-state index is 0.0730. The number of piperidine rings is 1. The maximum atomic E-state index is 13.6. The van der Waals surface area contributed by atoms with Crippen molar-refractivity contribution in [2.24, 2.45) is 5.92 Å². The predicted octanol–water partition coefficient (Wildman–Crippen LogP) is 3.06. The smallest absolute Gasteiger partial charge is 0.223 e. The average Bonchev–Trinajstić information content (AvgIpc) is 3.16. The van der Waals surface area contributed by atoms with E-state index in [4.69, 9.17) is 0 Å². The normalized spacial score (nSPS) is 19.2. The van der Waals surface area contributed by atoms with Crippen LogP contribution in [0.2, 0.25) is 0 Å². The third kappa shape index (κ3) is 4.80. The molecule has 1 heterocycles. The summed E-state index contributed by atoms with van der Waals surface area (Å²) in [5.74, 6) is 0.217. The van der Waals surface area contributed by atoms with E-state index in [0.717, 1.165) is 38.5 Å². The lowest BCUT2D eigenvalue weighted by molar-refractivity contribution is -0.132. The van der Waals surface area contributed by atoms with Crippen LogP contribution < -0.4 is 5.32 Å². The van der Waals surface area contributed by atoms with Crippen LogP contribution in [-0.2, 0) is 16.0 Å². The number of carbonyl (C=O) groups excluding carboxylic acids is 2. The van der Waals surface area contributed by atoms with Crippen LogP contribution in [0.3, 0.4) is 0 Å². The van der Waals surface area contributed by atoms with Gasteiger partial charge in [-0.2, -0.15) is 0 Å². The zero-order chi connectivity index (χ0) is 17.6. The Labute approximate surface area is 148 Å². The summed E-state index contributed by atoms with van der Waals surface area (Å²) in [5.41, 5.74) is 0.592. The number of rotatable bonds is 5. The number of halogens is 1. The Kier molecular flexibility index (Phi) is 6.05. The van der Waals surface area contributed by atoms with Gasteiger partial charge in [0.15, 0.2) is 0 Å². The van der Waals surface area contributed by atoms with Crippen molar-refractivity contribution in [3.8, 4) is 0 Å². The lowest BCUT2D eigenvalue weighted by Crippen LogP contribution is -2.47. The van der Waals surface area contributed by atoms with Gasteiger partial charge in [0.25, 0.3) is 0 Å². The van der Waals surface area contributed by atoms with Crippen molar-refractivity contribution in [2.45, 2.75) is 57.4 Å². The molecular weight excluding hydrogens is 319 g/mol. The maximum Gasteiger partial charge on any atom is 0.223 e. The molecule has 1 aliphatic heterocycles. The zero-order valence-electron chi connectivity index (χ0n) is 14.7. The molecule has 2 fully saturated rings. The summed E-state index contributed by atoms with van der Waals surface area (Å²) < 4.78 is 13.6. The lowest BCUT2D eigenvalue weighted by Gasteiger charge is -2.33. The first-order valence-corrected chi connectivity index (χ1v) is 9.45. The number of hydrogen-bond acceptors (Lipinski definition) is 2. The van der Waals surface area contributed by atoms with Gasteiger partial charge in [0.1, 0.15) is 5.82 Å². The summed E-state index contributed by atoms with van der Waals surface area (Å²) >= 11 is 0. The van der Waals surface area contributed by atoms with Gasteiger partial charge in [-0.1, -0.05) is 31.0 Å². The molecule has 1 aliphatic carbocycles. The molecule has 0 bridgehead atoms. The summed E-state index contributed by atoms with van der Waals surface area (Å²) in [5, 5.41) is 3.16. The van der Waals surface area contributed by atoms with E-state index in [0.29, 0.717) is 31.5 Å². The van der Waals surface area contributed by atoms with Gasteiger partial charge >= 0.3 is 0 Å². The summed E-state index contributed by atoms with van der Waals surface area (Å²) in [6.07, 6.45) is 6.73. The van der Waals surface area contributed by atoms with Gasteiger partial charge in [-0.25, -0.2) is 4.39 Å². The molecular formula is C20H27FN2O2. The SMILES string of the molecule is O=C(NC1CCN(C(=O)CCc2ccccc2F)CC1)C1CCCC1. The Morgan fingerprint density at radius 2 is 1.76 bits per heavy atom. The van der Waals surface area contributed by atoms with Gasteiger partial charge in [-0.15, -0.1) is 0 Å². The quantitative estimate of drug-likeness (QED) is 0.891. The highest BCUT2D eigenvalue weighted by Crippen LogP contribution is 2.25. The zero-order valence-corrected chi connectivity index (χ0v) is 14.7. The van der Waals surface area contributed by atoms with Gasteiger partial charge in [-0.05, 0) is 43.7 Å². The second kappa shape index (κ2) is 8.45. The topological polar surface area (TPSA) is 49.4 Å². The number of amides is 2. The van der Waals surface area contributed by atoms with Gasteiger partial charge in [0.05, 0.1) is 0 Å². The van der Waals surface area contributed by atoms with Crippen molar-refractivity contribution < 1.29 is 14.0 Å². The third-order valence-electron chi connectivity index (χ3n) is 5.49. The fourth-order valence-corrected chi connectivity index (χ4v) is 3.88. The predicted molar refractivity (Wildman–Crippen MR) is 94.4 cm³/mol. The Morgan fingerprint density at radius 3 is 2.44 bits per heavy atom. The first-order valence-electron chi connectivity index (χ1n) is 9.45. The highest BCUT2D eigenvalue weighted by Gasteiger charge is 2.27. The summed E-state index contributed by atoms with van der Waals surface area (Å²) in [6.45, 7) is 1.34. The summed E-state index contributed by atoms with van der Waals surface area (Å²) in [7, 11) is 0. The molecule has 3 rings (SSSR count). The molecule has 136 valence electrons. The molecule has 5 heteroatoms. The molecule has 25 heavy (non-hydrogen) atoms. The Morgan fingerprint density at radius 1 is 1.08 bits per heavy atom. The van der Waals surface area contributed by atoms with Crippen LogP contribution in [0.25, 0.3) is 0 Å². The largest absolute Gasteiger partial charge is 0.353 e. The van der Waals surface area contributed by atoms with E-state index in [-0.39, 0.29) is 29.6 Å². The Balaban J connectivity index is 1.40. The number of carbonyl (C=O) groups is 2. The van der Waals surface area contributed by atoms with Gasteiger partial charge in [0.2, 0.25) is 11.8 Å². The highest BCUT2D eigenvalue weighted by molar-refractivity contribution is 5.79. The van der Waals surface area contributed by atoms with Crippen LogP contribution in [-0.4, -0.2) is 35.8 Å². The van der Waals surface area contributed by atoms with Crippen LogP contribution >= 0.6 is 0 Å². The van der Waals surface area contributed by atoms with Crippen molar-refractivity contribution in [2.75, 3.05) is 13.1 Å². The van der Waals surface area contributed by atoms with Crippen molar-refractivity contribution in [1.29, 1.82) is 0 Å². The van der Waals surface area contributed by atoms with E-state index in [1.165, 1.54) is 6.07 Å². The number of aryl methyl sites for hydroxylation is 1. The second-order valence-corrected chi connectivity index (χ2v) is 7.24. The molecule has 0 spiro atoms. The second-order valence-electron chi connectivity index (χ2n) is 7.24. The lowest BCUT2D eigenvalue weighted by atomic mass is 10.0. The molecule has 1 saturated carbocycles. The fraction of sp³-hybridized carbons (Fsp3) is 0.600. The van der Waals surface area contributed by atoms with Crippen LogP contribution in [0.1, 0.15) is 50.5 Å². The van der Waals surface area contributed by atoms with E-state index in [2.05, 4.69) is 5.32 Å². The number of nitrogens with zero attached hydrogens (tertiary/aromatic N) is 1. The van der Waals surface area contributed by atoms with E-state index in [9.17, 15) is 14.0 Å². The van der Waals surface area contributed by atoms with Gasteiger partial charge < -0.3 is 10.2 Å². The first kappa shape index (κ1) is 17.9. The number of likely N-dealkylation sites (tertiary alicyclic amines) is 1. The maximum absolute atomic E-state index is 13.6. The first-order chi connectivity index (χ1) is 12.1. The van der Waals surface area contributed by atoms with Crippen molar-refractivity contribution >= 4 is 11.8 Å². The molecule has 0 unspecified atom stereocenters. The Hall–Kier alpha value is -1.91. The van der Waals surface area contributed by atoms with Crippen LogP contribution in [0, 0.1) is 11.7 Å². The number of hydrogen-bond donors (Lipinski definition) is 1. The standard InChI is InChI=1S/C20H27FN2O2/c21-18-8-4-3-5-15(18)9-10-19(24)23-13-11-17(12-14-23)22-20(25)16-6-1-2-7-16/h3-5,8,16-17H,1-2,6-7,9-14H2,(H,22,25). The van der Waals surface area contributed by atoms with Crippen molar-refractivity contribution in [3.05, 3.63) is 35.6 Å². The van der Waals surface area contributed by atoms with Crippen LogP contribution in [0.15, 0.2) is 24.3 Å². The van der Waals surface area contributed by atoms with E-state index in [1.54, 1.807) is 18.2 Å². The minimum atomic E-state index is -0.247. The van der Waals surface area contributed by atoms with E-state index in [1.807, 2.05) is 4.90 Å². The fourth-order valence-electron chi connectivity index (χ4n) is 3.88. The molecule has 2 amide bonds. The summed E-state index contributed by atoms with van der Waals surface area (Å²) in [4.78, 5) is 26.4. The number of nitrogens with one attached hydrogen (secondary N) is 1. The monoisotopic (exact) mass is 346 g/mol. The molecule has 0 radical (unpaired) electrons. The molecule has 2 aliphatic rings. The third-order valence-corrected chi connectivity index (χ3v) is 5.49. The van der Waals surface area contributed by atoms with Crippen LogP contribution in [0.5, 0.6) is 0 Å².